The van der Waals surface area contributed by atoms with Gasteiger partial charge in [-0.1, -0.05) is 18.2 Å². The molecule has 0 atom stereocenters. The van der Waals surface area contributed by atoms with E-state index in [1.54, 1.807) is 18.6 Å². The molecule has 0 amide bonds. The standard InChI is InChI=1S/C20H17N3O3S/c1-14(24)15-5-7-16(8-6-15)27(25,26)23-11-9-17-18(12-21-13-20(17)23)19-4-2-3-10-22-19/h2-8,10,12-13H,9,11H2,1H3. The quantitative estimate of drug-likeness (QED) is 0.651. The molecule has 2 aromatic heterocycles. The average molecular weight is 379 g/mol. The highest BCUT2D eigenvalue weighted by atomic mass is 32.2. The first-order valence-electron chi connectivity index (χ1n) is 8.50. The van der Waals surface area contributed by atoms with E-state index in [2.05, 4.69) is 9.97 Å². The summed E-state index contributed by atoms with van der Waals surface area (Å²) in [6.45, 7) is 1.79. The van der Waals surface area contributed by atoms with Gasteiger partial charge in [0.05, 0.1) is 22.5 Å². The van der Waals surface area contributed by atoms with Gasteiger partial charge in [0, 0.05) is 30.1 Å². The molecule has 0 aliphatic carbocycles. The molecule has 4 rings (SSSR count). The van der Waals surface area contributed by atoms with Crippen LogP contribution in [0.3, 0.4) is 0 Å². The summed E-state index contributed by atoms with van der Waals surface area (Å²) in [6, 6.07) is 11.6. The van der Waals surface area contributed by atoms with Crippen LogP contribution >= 0.6 is 0 Å². The number of aromatic nitrogens is 2. The average Bonchev–Trinajstić information content (AvgIpc) is 3.14. The van der Waals surface area contributed by atoms with Gasteiger partial charge >= 0.3 is 0 Å². The van der Waals surface area contributed by atoms with E-state index < -0.39 is 10.0 Å². The molecule has 0 saturated heterocycles. The molecular formula is C20H17N3O3S. The first kappa shape index (κ1) is 17.4. The largest absolute Gasteiger partial charge is 0.295 e. The molecule has 0 bridgehead atoms. The SMILES string of the molecule is CC(=O)c1ccc(S(=O)(=O)N2CCc3c(-c4ccccn4)cncc32)cc1. The Bertz CT molecular complexity index is 1110. The number of benzene rings is 1. The topological polar surface area (TPSA) is 80.2 Å². The normalized spacial score (nSPS) is 13.4. The number of Topliss-reactive ketones (excluding diaryl/α,β-unsaturated/α-hetero) is 1. The molecule has 3 aromatic rings. The van der Waals surface area contributed by atoms with Gasteiger partial charge in [0.1, 0.15) is 0 Å². The van der Waals surface area contributed by atoms with Crippen LogP contribution in [0.2, 0.25) is 0 Å². The molecule has 0 radical (unpaired) electrons. The summed E-state index contributed by atoms with van der Waals surface area (Å²) in [5, 5.41) is 0. The summed E-state index contributed by atoms with van der Waals surface area (Å²) in [5.41, 5.74) is 3.60. The van der Waals surface area contributed by atoms with Crippen molar-refractivity contribution in [3.63, 3.8) is 0 Å². The number of ketones is 1. The highest BCUT2D eigenvalue weighted by Gasteiger charge is 2.32. The Balaban J connectivity index is 1.75. The lowest BCUT2D eigenvalue weighted by Crippen LogP contribution is -2.29. The zero-order valence-corrected chi connectivity index (χ0v) is 15.5. The van der Waals surface area contributed by atoms with E-state index in [0.717, 1.165) is 16.8 Å². The third kappa shape index (κ3) is 3.00. The molecule has 0 spiro atoms. The molecule has 1 aliphatic heterocycles. The first-order chi connectivity index (χ1) is 13.0. The van der Waals surface area contributed by atoms with Crippen LogP contribution in [0.25, 0.3) is 11.3 Å². The Morgan fingerprint density at radius 2 is 1.85 bits per heavy atom. The number of carbonyl (C=O) groups is 1. The molecule has 7 heteroatoms. The lowest BCUT2D eigenvalue weighted by atomic mass is 10.0. The second-order valence-electron chi connectivity index (χ2n) is 6.31. The van der Waals surface area contributed by atoms with Gasteiger partial charge in [-0.3, -0.25) is 19.1 Å². The molecule has 27 heavy (non-hydrogen) atoms. The maximum atomic E-state index is 13.1. The van der Waals surface area contributed by atoms with E-state index in [9.17, 15) is 13.2 Å². The molecule has 1 aromatic carbocycles. The van der Waals surface area contributed by atoms with E-state index in [1.807, 2.05) is 18.2 Å². The van der Waals surface area contributed by atoms with Gasteiger partial charge in [-0.15, -0.1) is 0 Å². The first-order valence-corrected chi connectivity index (χ1v) is 9.94. The van der Waals surface area contributed by atoms with Gasteiger partial charge in [0.15, 0.2) is 5.78 Å². The van der Waals surface area contributed by atoms with Crippen LogP contribution in [-0.4, -0.2) is 30.7 Å². The highest BCUT2D eigenvalue weighted by Crippen LogP contribution is 2.37. The van der Waals surface area contributed by atoms with E-state index in [1.165, 1.54) is 35.5 Å². The van der Waals surface area contributed by atoms with Gasteiger partial charge in [-0.2, -0.15) is 0 Å². The molecule has 0 N–H and O–H groups in total. The fraction of sp³-hybridized carbons (Fsp3) is 0.150. The van der Waals surface area contributed by atoms with Gasteiger partial charge in [0.2, 0.25) is 0 Å². The number of hydrogen-bond donors (Lipinski definition) is 0. The predicted octanol–water partition coefficient (Wildman–Crippen LogP) is 3.10. The van der Waals surface area contributed by atoms with Crippen LogP contribution in [0, 0.1) is 0 Å². The van der Waals surface area contributed by atoms with Crippen molar-refractivity contribution < 1.29 is 13.2 Å². The summed E-state index contributed by atoms with van der Waals surface area (Å²) >= 11 is 0. The Hall–Kier alpha value is -3.06. The number of fused-ring (bicyclic) bond motifs is 1. The third-order valence-corrected chi connectivity index (χ3v) is 6.49. The number of hydrogen-bond acceptors (Lipinski definition) is 5. The Morgan fingerprint density at radius 1 is 1.07 bits per heavy atom. The highest BCUT2D eigenvalue weighted by molar-refractivity contribution is 7.92. The number of carbonyl (C=O) groups excluding carboxylic acids is 1. The van der Waals surface area contributed by atoms with E-state index >= 15 is 0 Å². The second kappa shape index (κ2) is 6.59. The Labute approximate surface area is 157 Å². The van der Waals surface area contributed by atoms with Crippen LogP contribution in [0.4, 0.5) is 5.69 Å². The maximum Gasteiger partial charge on any atom is 0.264 e. The molecule has 6 nitrogen and oxygen atoms in total. The smallest absolute Gasteiger partial charge is 0.264 e. The van der Waals surface area contributed by atoms with Crippen molar-refractivity contribution in [3.05, 3.63) is 72.2 Å². The minimum Gasteiger partial charge on any atom is -0.295 e. The van der Waals surface area contributed by atoms with Crippen molar-refractivity contribution in [2.24, 2.45) is 0 Å². The van der Waals surface area contributed by atoms with Crippen molar-refractivity contribution in [1.29, 1.82) is 0 Å². The zero-order valence-electron chi connectivity index (χ0n) is 14.7. The van der Waals surface area contributed by atoms with Crippen molar-refractivity contribution >= 4 is 21.5 Å². The molecule has 0 fully saturated rings. The fourth-order valence-corrected chi connectivity index (χ4v) is 4.75. The maximum absolute atomic E-state index is 13.1. The van der Waals surface area contributed by atoms with Crippen LogP contribution < -0.4 is 4.31 Å². The van der Waals surface area contributed by atoms with Crippen LogP contribution in [0.15, 0.2) is 66.0 Å². The second-order valence-corrected chi connectivity index (χ2v) is 8.17. The predicted molar refractivity (Wildman–Crippen MR) is 102 cm³/mol. The number of pyridine rings is 2. The van der Waals surface area contributed by atoms with Gasteiger partial charge in [0.25, 0.3) is 10.0 Å². The van der Waals surface area contributed by atoms with Crippen molar-refractivity contribution in [2.75, 3.05) is 10.8 Å². The molecule has 0 saturated carbocycles. The fourth-order valence-electron chi connectivity index (χ4n) is 3.27. The van der Waals surface area contributed by atoms with Crippen molar-refractivity contribution in [2.45, 2.75) is 18.2 Å². The molecule has 136 valence electrons. The number of sulfonamides is 1. The summed E-state index contributed by atoms with van der Waals surface area (Å²) in [6.07, 6.45) is 5.60. The van der Waals surface area contributed by atoms with Crippen molar-refractivity contribution in [1.82, 2.24) is 9.97 Å². The Kier molecular flexibility index (Phi) is 4.24. The number of rotatable bonds is 4. The number of anilines is 1. The van der Waals surface area contributed by atoms with Crippen molar-refractivity contribution in [3.8, 4) is 11.3 Å². The summed E-state index contributed by atoms with van der Waals surface area (Å²) in [4.78, 5) is 20.2. The molecule has 3 heterocycles. The van der Waals surface area contributed by atoms with E-state index in [-0.39, 0.29) is 10.7 Å². The van der Waals surface area contributed by atoms with Gasteiger partial charge in [-0.25, -0.2) is 8.42 Å². The summed E-state index contributed by atoms with van der Waals surface area (Å²) in [7, 11) is -3.73. The molecular weight excluding hydrogens is 362 g/mol. The van der Waals surface area contributed by atoms with Gasteiger partial charge in [-0.05, 0) is 43.2 Å². The molecule has 0 unspecified atom stereocenters. The van der Waals surface area contributed by atoms with Crippen LogP contribution in [-0.2, 0) is 16.4 Å². The Morgan fingerprint density at radius 3 is 2.52 bits per heavy atom. The van der Waals surface area contributed by atoms with Gasteiger partial charge < -0.3 is 0 Å². The minimum atomic E-state index is -3.73. The zero-order chi connectivity index (χ0) is 19.0. The number of nitrogens with zero attached hydrogens (tertiary/aromatic N) is 3. The monoisotopic (exact) mass is 379 g/mol. The van der Waals surface area contributed by atoms with Crippen LogP contribution in [0.1, 0.15) is 22.8 Å². The lowest BCUT2D eigenvalue weighted by Gasteiger charge is -2.19. The lowest BCUT2D eigenvalue weighted by molar-refractivity contribution is 0.101. The van der Waals surface area contributed by atoms with E-state index in [4.69, 9.17) is 0 Å². The minimum absolute atomic E-state index is 0.102. The van der Waals surface area contributed by atoms with Crippen LogP contribution in [0.5, 0.6) is 0 Å². The van der Waals surface area contributed by atoms with E-state index in [0.29, 0.717) is 24.2 Å². The third-order valence-electron chi connectivity index (χ3n) is 4.66. The molecule has 1 aliphatic rings. The summed E-state index contributed by atoms with van der Waals surface area (Å²) < 4.78 is 27.6. The summed E-state index contributed by atoms with van der Waals surface area (Å²) in [5.74, 6) is -0.102.